The molecule has 1 fully saturated rings. The van der Waals surface area contributed by atoms with Crippen LogP contribution >= 0.6 is 0 Å². The number of hydrogen-bond acceptors (Lipinski definition) is 5. The molecule has 0 spiro atoms. The average Bonchev–Trinajstić information content (AvgIpc) is 2.68. The van der Waals surface area contributed by atoms with Gasteiger partial charge < -0.3 is 4.90 Å². The van der Waals surface area contributed by atoms with E-state index in [1.54, 1.807) is 0 Å². The topological polar surface area (TPSA) is 16.2 Å². The number of hydrogen-bond donors (Lipinski definition) is 0. The molecule has 0 saturated carbocycles. The highest BCUT2D eigenvalue weighted by atomic mass is 15.3. The van der Waals surface area contributed by atoms with Gasteiger partial charge in [-0.15, -0.1) is 0 Å². The lowest BCUT2D eigenvalue weighted by Crippen LogP contribution is -2.51. The summed E-state index contributed by atoms with van der Waals surface area (Å²) in [6, 6.07) is 1.97. The zero-order chi connectivity index (χ0) is 21.1. The maximum absolute atomic E-state index is 2.70. The third-order valence-corrected chi connectivity index (χ3v) is 6.84. The van der Waals surface area contributed by atoms with E-state index in [4.69, 9.17) is 0 Å². The van der Waals surface area contributed by atoms with Crippen molar-refractivity contribution in [2.75, 3.05) is 79.0 Å². The first-order valence-corrected chi connectivity index (χ1v) is 11.9. The minimum atomic E-state index is 0.631. The minimum absolute atomic E-state index is 0.631. The Morgan fingerprint density at radius 1 is 0.679 bits per heavy atom. The van der Waals surface area contributed by atoms with E-state index in [1.807, 2.05) is 0 Å². The third kappa shape index (κ3) is 9.53. The zero-order valence-corrected chi connectivity index (χ0v) is 20.5. The molecule has 5 nitrogen and oxygen atoms in total. The molecule has 0 aliphatic carbocycles. The van der Waals surface area contributed by atoms with Gasteiger partial charge in [0.2, 0.25) is 0 Å². The molecule has 28 heavy (non-hydrogen) atoms. The predicted molar refractivity (Wildman–Crippen MR) is 124 cm³/mol. The van der Waals surface area contributed by atoms with Gasteiger partial charge in [-0.3, -0.25) is 19.6 Å². The number of likely N-dealkylation sites (N-methyl/N-ethyl adjacent to an activating group) is 2. The first-order chi connectivity index (χ1) is 13.3. The van der Waals surface area contributed by atoms with Crippen LogP contribution in [0.1, 0.15) is 54.9 Å². The molecule has 1 rings (SSSR count). The molecular weight excluding hydrogens is 346 g/mol. The standard InChI is InChI=1S/C23H51N5/c1-9-23(7)28(18-11-24(8)21(3)4)20-17-26-14-12-25(13-15-26)16-19-27(10-2)22(5)6/h21-23H,9-20H2,1-8H3. The first kappa shape index (κ1) is 25.8. The molecule has 1 aliphatic heterocycles. The third-order valence-electron chi connectivity index (χ3n) is 6.84. The minimum Gasteiger partial charge on any atom is -0.303 e. The maximum atomic E-state index is 2.70. The molecule has 0 radical (unpaired) electrons. The highest BCUT2D eigenvalue weighted by Crippen LogP contribution is 2.08. The van der Waals surface area contributed by atoms with Gasteiger partial charge in [0.25, 0.3) is 0 Å². The van der Waals surface area contributed by atoms with E-state index >= 15 is 0 Å². The molecule has 168 valence electrons. The van der Waals surface area contributed by atoms with Crippen molar-refractivity contribution in [3.05, 3.63) is 0 Å². The number of nitrogens with zero attached hydrogens (tertiary/aromatic N) is 5. The highest BCUT2D eigenvalue weighted by molar-refractivity contribution is 4.76. The Morgan fingerprint density at radius 3 is 1.57 bits per heavy atom. The fourth-order valence-corrected chi connectivity index (χ4v) is 3.91. The molecule has 5 heteroatoms. The Balaban J connectivity index is 2.33. The van der Waals surface area contributed by atoms with Crippen molar-refractivity contribution in [2.24, 2.45) is 0 Å². The summed E-state index contributed by atoms with van der Waals surface area (Å²) in [4.78, 5) is 13.1. The summed E-state index contributed by atoms with van der Waals surface area (Å²) in [6.07, 6.45) is 1.24. The van der Waals surface area contributed by atoms with Gasteiger partial charge in [0.05, 0.1) is 0 Å². The van der Waals surface area contributed by atoms with Gasteiger partial charge in [-0.25, -0.2) is 0 Å². The van der Waals surface area contributed by atoms with Crippen molar-refractivity contribution in [2.45, 2.75) is 73.0 Å². The SMILES string of the molecule is CCC(C)N(CCN1CCN(CCN(CC)C(C)C)CC1)CCN(C)C(C)C. The van der Waals surface area contributed by atoms with Gasteiger partial charge in [-0.2, -0.15) is 0 Å². The molecule has 1 heterocycles. The molecular formula is C23H51N5. The predicted octanol–water partition coefficient (Wildman–Crippen LogP) is 2.78. The summed E-state index contributed by atoms with van der Waals surface area (Å²) >= 11 is 0. The molecule has 0 bridgehead atoms. The molecule has 1 unspecified atom stereocenters. The molecule has 0 aromatic heterocycles. The molecule has 0 aromatic carbocycles. The summed E-state index contributed by atoms with van der Waals surface area (Å²) < 4.78 is 0. The van der Waals surface area contributed by atoms with Crippen LogP contribution in [0, 0.1) is 0 Å². The van der Waals surface area contributed by atoms with Gasteiger partial charge >= 0.3 is 0 Å². The van der Waals surface area contributed by atoms with Crippen molar-refractivity contribution >= 4 is 0 Å². The summed E-state index contributed by atoms with van der Waals surface area (Å²) in [5.41, 5.74) is 0. The monoisotopic (exact) mass is 397 g/mol. The lowest BCUT2D eigenvalue weighted by molar-refractivity contribution is 0.0932. The first-order valence-electron chi connectivity index (χ1n) is 11.9. The summed E-state index contributed by atoms with van der Waals surface area (Å²) in [6.45, 7) is 29.5. The molecule has 0 aromatic rings. The van der Waals surface area contributed by atoms with Crippen molar-refractivity contribution < 1.29 is 0 Å². The van der Waals surface area contributed by atoms with Crippen LogP contribution in [-0.2, 0) is 0 Å². The highest BCUT2D eigenvalue weighted by Gasteiger charge is 2.20. The Hall–Kier alpha value is -0.200. The van der Waals surface area contributed by atoms with Gasteiger partial charge in [-0.05, 0) is 54.6 Å². The van der Waals surface area contributed by atoms with Crippen LogP contribution in [0.25, 0.3) is 0 Å². The number of piperazine rings is 1. The lowest BCUT2D eigenvalue weighted by Gasteiger charge is -2.38. The van der Waals surface area contributed by atoms with E-state index < -0.39 is 0 Å². The molecule has 1 aliphatic rings. The summed E-state index contributed by atoms with van der Waals surface area (Å²) in [5.74, 6) is 0. The van der Waals surface area contributed by atoms with Crippen LogP contribution in [0.3, 0.4) is 0 Å². The van der Waals surface area contributed by atoms with Gasteiger partial charge in [0.1, 0.15) is 0 Å². The smallest absolute Gasteiger partial charge is 0.0113 e. The van der Waals surface area contributed by atoms with E-state index in [1.165, 1.54) is 71.9 Å². The summed E-state index contributed by atoms with van der Waals surface area (Å²) in [7, 11) is 2.25. The van der Waals surface area contributed by atoms with Crippen LogP contribution in [0.5, 0.6) is 0 Å². The fraction of sp³-hybridized carbons (Fsp3) is 1.00. The normalized spacial score (nSPS) is 18.3. The van der Waals surface area contributed by atoms with Crippen molar-refractivity contribution in [1.82, 2.24) is 24.5 Å². The maximum Gasteiger partial charge on any atom is 0.0113 e. The average molecular weight is 398 g/mol. The van der Waals surface area contributed by atoms with Crippen LogP contribution < -0.4 is 0 Å². The van der Waals surface area contributed by atoms with Crippen LogP contribution in [0.15, 0.2) is 0 Å². The van der Waals surface area contributed by atoms with Crippen molar-refractivity contribution in [3.8, 4) is 0 Å². The number of rotatable bonds is 14. The quantitative estimate of drug-likeness (QED) is 0.447. The Labute approximate surface area is 177 Å². The van der Waals surface area contributed by atoms with Crippen LogP contribution in [0.2, 0.25) is 0 Å². The molecule has 0 N–H and O–H groups in total. The summed E-state index contributed by atoms with van der Waals surface area (Å²) in [5, 5.41) is 0. The van der Waals surface area contributed by atoms with Crippen LogP contribution in [-0.4, -0.2) is 122 Å². The van der Waals surface area contributed by atoms with Crippen molar-refractivity contribution in [3.63, 3.8) is 0 Å². The zero-order valence-electron chi connectivity index (χ0n) is 20.5. The molecule has 1 atom stereocenters. The second-order valence-corrected chi connectivity index (χ2v) is 9.27. The molecule has 1 saturated heterocycles. The Morgan fingerprint density at radius 2 is 1.18 bits per heavy atom. The van der Waals surface area contributed by atoms with E-state index in [9.17, 15) is 0 Å². The van der Waals surface area contributed by atoms with E-state index in [0.717, 1.165) is 6.54 Å². The second kappa shape index (κ2) is 13.9. The van der Waals surface area contributed by atoms with E-state index in [-0.39, 0.29) is 0 Å². The van der Waals surface area contributed by atoms with Gasteiger partial charge in [-0.1, -0.05) is 13.8 Å². The lowest BCUT2D eigenvalue weighted by atomic mass is 10.2. The Bertz CT molecular complexity index is 379. The Kier molecular flexibility index (Phi) is 12.8. The van der Waals surface area contributed by atoms with Crippen LogP contribution in [0.4, 0.5) is 0 Å². The molecule has 0 amide bonds. The van der Waals surface area contributed by atoms with E-state index in [0.29, 0.717) is 18.1 Å². The van der Waals surface area contributed by atoms with Gasteiger partial charge in [0, 0.05) is 83.6 Å². The fourth-order valence-electron chi connectivity index (χ4n) is 3.91. The second-order valence-electron chi connectivity index (χ2n) is 9.27. The van der Waals surface area contributed by atoms with Crippen molar-refractivity contribution in [1.29, 1.82) is 0 Å². The largest absolute Gasteiger partial charge is 0.303 e. The van der Waals surface area contributed by atoms with E-state index in [2.05, 4.69) is 80.0 Å². The van der Waals surface area contributed by atoms with Gasteiger partial charge in [0.15, 0.2) is 0 Å².